The van der Waals surface area contributed by atoms with Crippen LogP contribution in [0.5, 0.6) is 0 Å². The van der Waals surface area contributed by atoms with Crippen LogP contribution in [0.25, 0.3) is 0 Å². The van der Waals surface area contributed by atoms with Crippen molar-refractivity contribution in [1.29, 1.82) is 0 Å². The molecule has 0 unspecified atom stereocenters. The average molecular weight is 278 g/mol. The van der Waals surface area contributed by atoms with Crippen LogP contribution in [0, 0.1) is 11.6 Å². The van der Waals surface area contributed by atoms with Crippen molar-refractivity contribution in [3.8, 4) is 0 Å². The largest absolute Gasteiger partial charge is 0.341 e. The van der Waals surface area contributed by atoms with Gasteiger partial charge in [0.05, 0.1) is 5.75 Å². The van der Waals surface area contributed by atoms with E-state index < -0.39 is 33.3 Å². The highest BCUT2D eigenvalue weighted by Crippen LogP contribution is 2.10. The predicted octanol–water partition coefficient (Wildman–Crippen LogP) is 0.325. The van der Waals surface area contributed by atoms with Crippen LogP contribution in [0.2, 0.25) is 0 Å². The van der Waals surface area contributed by atoms with Crippen molar-refractivity contribution in [1.82, 2.24) is 4.90 Å². The van der Waals surface area contributed by atoms with Gasteiger partial charge >= 0.3 is 0 Å². The molecule has 8 heteroatoms. The van der Waals surface area contributed by atoms with E-state index in [9.17, 15) is 22.0 Å². The van der Waals surface area contributed by atoms with Gasteiger partial charge in [-0.25, -0.2) is 22.3 Å². The fourth-order valence-corrected chi connectivity index (χ4v) is 1.74. The van der Waals surface area contributed by atoms with Crippen molar-refractivity contribution in [3.05, 3.63) is 35.4 Å². The smallest absolute Gasteiger partial charge is 0.253 e. The standard InChI is InChI=1S/C10H12F2N2O3S/c1-14(4-5-18(13,16)17)10(15)7-2-3-8(11)9(12)6-7/h2-3,6H,4-5H2,1H3,(H2,13,16,17). The molecule has 0 aliphatic carbocycles. The van der Waals surface area contributed by atoms with Crippen LogP contribution in [0.15, 0.2) is 18.2 Å². The number of sulfonamides is 1. The molecule has 1 aromatic rings. The molecule has 100 valence electrons. The Hall–Kier alpha value is -1.54. The number of hydrogen-bond acceptors (Lipinski definition) is 3. The van der Waals surface area contributed by atoms with Crippen molar-refractivity contribution in [2.24, 2.45) is 5.14 Å². The summed E-state index contributed by atoms with van der Waals surface area (Å²) < 4.78 is 47.0. The summed E-state index contributed by atoms with van der Waals surface area (Å²) in [5, 5.41) is 4.79. The van der Waals surface area contributed by atoms with E-state index in [1.165, 1.54) is 7.05 Å². The molecule has 0 spiro atoms. The lowest BCUT2D eigenvalue weighted by Gasteiger charge is -2.16. The fraction of sp³-hybridized carbons (Fsp3) is 0.300. The monoisotopic (exact) mass is 278 g/mol. The van der Waals surface area contributed by atoms with E-state index >= 15 is 0 Å². The Bertz CT molecular complexity index is 560. The van der Waals surface area contributed by atoms with E-state index in [2.05, 4.69) is 0 Å². The number of carbonyl (C=O) groups excluding carboxylic acids is 1. The van der Waals surface area contributed by atoms with Crippen LogP contribution in [-0.2, 0) is 10.0 Å². The number of nitrogens with zero attached hydrogens (tertiary/aromatic N) is 1. The third kappa shape index (κ3) is 4.04. The minimum Gasteiger partial charge on any atom is -0.341 e. The molecule has 0 saturated heterocycles. The summed E-state index contributed by atoms with van der Waals surface area (Å²) in [7, 11) is -2.34. The third-order valence-corrected chi connectivity index (χ3v) is 2.98. The summed E-state index contributed by atoms with van der Waals surface area (Å²) in [4.78, 5) is 12.8. The quantitative estimate of drug-likeness (QED) is 0.861. The zero-order chi connectivity index (χ0) is 13.9. The molecule has 0 aromatic heterocycles. The van der Waals surface area contributed by atoms with Gasteiger partial charge in [-0.3, -0.25) is 4.79 Å². The van der Waals surface area contributed by atoms with Crippen LogP contribution in [0.1, 0.15) is 10.4 Å². The lowest BCUT2D eigenvalue weighted by atomic mass is 10.2. The van der Waals surface area contributed by atoms with Crippen LogP contribution < -0.4 is 5.14 Å². The molecule has 0 bridgehead atoms. The van der Waals surface area contributed by atoms with E-state index in [0.29, 0.717) is 0 Å². The Labute approximate surface area is 103 Å². The van der Waals surface area contributed by atoms with Crippen LogP contribution in [-0.4, -0.2) is 38.6 Å². The van der Waals surface area contributed by atoms with Gasteiger partial charge in [0.2, 0.25) is 10.0 Å². The zero-order valence-corrected chi connectivity index (χ0v) is 10.4. The molecule has 0 heterocycles. The number of carbonyl (C=O) groups is 1. The number of benzene rings is 1. The zero-order valence-electron chi connectivity index (χ0n) is 9.56. The van der Waals surface area contributed by atoms with Crippen molar-refractivity contribution in [3.63, 3.8) is 0 Å². The topological polar surface area (TPSA) is 80.5 Å². The summed E-state index contributed by atoms with van der Waals surface area (Å²) in [6, 6.07) is 2.70. The molecule has 1 aromatic carbocycles. The van der Waals surface area contributed by atoms with E-state index in [0.717, 1.165) is 23.1 Å². The number of nitrogens with two attached hydrogens (primary N) is 1. The molecule has 0 fully saturated rings. The van der Waals surface area contributed by atoms with E-state index in [-0.39, 0.29) is 12.1 Å². The first-order chi connectivity index (χ1) is 8.20. The van der Waals surface area contributed by atoms with Crippen molar-refractivity contribution in [2.45, 2.75) is 0 Å². The number of hydrogen-bond donors (Lipinski definition) is 1. The molecule has 0 radical (unpaired) electrons. The lowest BCUT2D eigenvalue weighted by molar-refractivity contribution is 0.0803. The Morgan fingerprint density at radius 3 is 2.44 bits per heavy atom. The minimum atomic E-state index is -3.68. The van der Waals surface area contributed by atoms with E-state index in [1.807, 2.05) is 0 Å². The highest BCUT2D eigenvalue weighted by Gasteiger charge is 2.15. The molecule has 0 aliphatic heterocycles. The molecule has 1 rings (SSSR count). The Morgan fingerprint density at radius 1 is 1.33 bits per heavy atom. The summed E-state index contributed by atoms with van der Waals surface area (Å²) in [5.41, 5.74) is -0.0641. The number of primary sulfonamides is 1. The highest BCUT2D eigenvalue weighted by atomic mass is 32.2. The maximum Gasteiger partial charge on any atom is 0.253 e. The Balaban J connectivity index is 2.77. The second kappa shape index (κ2) is 5.40. The summed E-state index contributed by atoms with van der Waals surface area (Å²) in [5.74, 6) is -3.21. The Morgan fingerprint density at radius 2 is 1.94 bits per heavy atom. The first kappa shape index (κ1) is 14.5. The average Bonchev–Trinajstić information content (AvgIpc) is 2.27. The van der Waals surface area contributed by atoms with E-state index in [1.54, 1.807) is 0 Å². The summed E-state index contributed by atoms with van der Waals surface area (Å²) in [6.45, 7) is -0.128. The molecule has 2 N–H and O–H groups in total. The summed E-state index contributed by atoms with van der Waals surface area (Å²) >= 11 is 0. The van der Waals surface area contributed by atoms with Crippen LogP contribution >= 0.6 is 0 Å². The Kier molecular flexibility index (Phi) is 4.36. The van der Waals surface area contributed by atoms with Crippen molar-refractivity contribution >= 4 is 15.9 Å². The molecular weight excluding hydrogens is 266 g/mol. The molecule has 0 atom stereocenters. The van der Waals surface area contributed by atoms with Crippen molar-refractivity contribution in [2.75, 3.05) is 19.3 Å². The third-order valence-electron chi connectivity index (χ3n) is 2.22. The number of halogens is 2. The second-order valence-electron chi connectivity index (χ2n) is 3.72. The first-order valence-electron chi connectivity index (χ1n) is 4.91. The van der Waals surface area contributed by atoms with Crippen LogP contribution in [0.3, 0.4) is 0 Å². The lowest BCUT2D eigenvalue weighted by Crippen LogP contribution is -2.33. The molecule has 0 aliphatic rings. The highest BCUT2D eigenvalue weighted by molar-refractivity contribution is 7.89. The first-order valence-corrected chi connectivity index (χ1v) is 6.63. The van der Waals surface area contributed by atoms with Gasteiger partial charge in [-0.15, -0.1) is 0 Å². The molecule has 18 heavy (non-hydrogen) atoms. The van der Waals surface area contributed by atoms with Gasteiger partial charge in [0.1, 0.15) is 0 Å². The van der Waals surface area contributed by atoms with E-state index in [4.69, 9.17) is 5.14 Å². The van der Waals surface area contributed by atoms with Crippen molar-refractivity contribution < 1.29 is 22.0 Å². The van der Waals surface area contributed by atoms with Gasteiger partial charge in [0.15, 0.2) is 11.6 Å². The summed E-state index contributed by atoms with van der Waals surface area (Å²) in [6.07, 6.45) is 0. The molecule has 0 saturated carbocycles. The maximum absolute atomic E-state index is 12.9. The predicted molar refractivity (Wildman–Crippen MR) is 61.3 cm³/mol. The molecule has 5 nitrogen and oxygen atoms in total. The van der Waals surface area contributed by atoms with Gasteiger partial charge < -0.3 is 4.90 Å². The minimum absolute atomic E-state index is 0.0641. The van der Waals surface area contributed by atoms with Gasteiger partial charge in [-0.1, -0.05) is 0 Å². The van der Waals surface area contributed by atoms with Gasteiger partial charge in [-0.2, -0.15) is 0 Å². The van der Waals surface area contributed by atoms with Gasteiger partial charge in [0.25, 0.3) is 5.91 Å². The maximum atomic E-state index is 12.9. The second-order valence-corrected chi connectivity index (χ2v) is 5.46. The van der Waals surface area contributed by atoms with Gasteiger partial charge in [0, 0.05) is 19.2 Å². The normalized spacial score (nSPS) is 11.3. The molecular formula is C10H12F2N2O3S. The number of amides is 1. The number of rotatable bonds is 4. The SMILES string of the molecule is CN(CCS(N)(=O)=O)C(=O)c1ccc(F)c(F)c1. The van der Waals surface area contributed by atoms with Gasteiger partial charge in [-0.05, 0) is 18.2 Å². The molecule has 1 amide bonds. The fourth-order valence-electron chi connectivity index (χ4n) is 1.22. The van der Waals surface area contributed by atoms with Crippen LogP contribution in [0.4, 0.5) is 8.78 Å².